The molecule has 2 rings (SSSR count). The van der Waals surface area contributed by atoms with Gasteiger partial charge in [0.25, 0.3) is 0 Å². The molecule has 0 N–H and O–H groups in total. The van der Waals surface area contributed by atoms with E-state index in [1.165, 1.54) is 0 Å². The second kappa shape index (κ2) is 6.18. The highest BCUT2D eigenvalue weighted by Crippen LogP contribution is 2.23. The Balaban J connectivity index is 2.09. The summed E-state index contributed by atoms with van der Waals surface area (Å²) in [6, 6.07) is 3.80. The molecule has 1 aliphatic heterocycles. The van der Waals surface area contributed by atoms with Crippen LogP contribution in [0.4, 0.5) is 0 Å². The Kier molecular flexibility index (Phi) is 4.55. The molecule has 1 saturated heterocycles. The third-order valence-electron chi connectivity index (χ3n) is 3.82. The van der Waals surface area contributed by atoms with Crippen LogP contribution in [0.2, 0.25) is 0 Å². The number of benzene rings is 1. The van der Waals surface area contributed by atoms with Crippen molar-refractivity contribution in [2.75, 3.05) is 26.7 Å². The highest BCUT2D eigenvalue weighted by molar-refractivity contribution is 5.99. The molecule has 0 unspecified atom stereocenters. The van der Waals surface area contributed by atoms with Gasteiger partial charge in [-0.15, -0.1) is 0 Å². The minimum atomic E-state index is 0.114. The van der Waals surface area contributed by atoms with Crippen molar-refractivity contribution in [2.24, 2.45) is 0 Å². The van der Waals surface area contributed by atoms with E-state index in [9.17, 15) is 9.59 Å². The number of piperidine rings is 1. The standard InChI is InChI=1S/C16H21NO3/c1-11-9-16(20-3)12(2)8-14(11)15(19)10-17-6-4-13(18)5-7-17/h8-9H,4-7,10H2,1-3H3. The molecule has 0 saturated carbocycles. The van der Waals surface area contributed by atoms with E-state index in [2.05, 4.69) is 4.90 Å². The first-order valence-electron chi connectivity index (χ1n) is 6.93. The van der Waals surface area contributed by atoms with Crippen LogP contribution in [0.1, 0.15) is 34.3 Å². The molecule has 0 radical (unpaired) electrons. The van der Waals surface area contributed by atoms with E-state index in [4.69, 9.17) is 4.74 Å². The molecule has 0 atom stereocenters. The molecule has 108 valence electrons. The van der Waals surface area contributed by atoms with Crippen LogP contribution in [-0.2, 0) is 4.79 Å². The maximum absolute atomic E-state index is 12.4. The van der Waals surface area contributed by atoms with Crippen molar-refractivity contribution in [2.45, 2.75) is 26.7 Å². The van der Waals surface area contributed by atoms with Gasteiger partial charge in [-0.05, 0) is 37.1 Å². The van der Waals surface area contributed by atoms with Gasteiger partial charge >= 0.3 is 0 Å². The number of ether oxygens (including phenoxy) is 1. The second-order valence-corrected chi connectivity index (χ2v) is 5.37. The average molecular weight is 275 g/mol. The van der Waals surface area contributed by atoms with E-state index >= 15 is 0 Å². The summed E-state index contributed by atoms with van der Waals surface area (Å²) in [5.41, 5.74) is 2.65. The summed E-state index contributed by atoms with van der Waals surface area (Å²) >= 11 is 0. The van der Waals surface area contributed by atoms with Gasteiger partial charge in [-0.1, -0.05) is 0 Å². The van der Waals surface area contributed by atoms with Gasteiger partial charge in [0.2, 0.25) is 0 Å². The SMILES string of the molecule is COc1cc(C)c(C(=O)CN2CCC(=O)CC2)cc1C. The molecule has 0 amide bonds. The van der Waals surface area contributed by atoms with Gasteiger partial charge in [-0.25, -0.2) is 0 Å². The molecule has 1 aromatic rings. The van der Waals surface area contributed by atoms with E-state index in [-0.39, 0.29) is 5.78 Å². The molecule has 1 aromatic carbocycles. The van der Waals surface area contributed by atoms with Gasteiger partial charge in [0.15, 0.2) is 5.78 Å². The second-order valence-electron chi connectivity index (χ2n) is 5.37. The third-order valence-corrected chi connectivity index (χ3v) is 3.82. The fourth-order valence-corrected chi connectivity index (χ4v) is 2.56. The predicted molar refractivity (Wildman–Crippen MR) is 77.5 cm³/mol. The van der Waals surface area contributed by atoms with Gasteiger partial charge in [-0.3, -0.25) is 14.5 Å². The molecule has 4 nitrogen and oxygen atoms in total. The fraction of sp³-hybridized carbons (Fsp3) is 0.500. The minimum Gasteiger partial charge on any atom is -0.496 e. The maximum Gasteiger partial charge on any atom is 0.177 e. The van der Waals surface area contributed by atoms with Crippen LogP contribution in [0.15, 0.2) is 12.1 Å². The number of aryl methyl sites for hydroxylation is 2. The molecule has 0 bridgehead atoms. The van der Waals surface area contributed by atoms with Gasteiger partial charge in [0.1, 0.15) is 11.5 Å². The molecular weight excluding hydrogens is 254 g/mol. The normalized spacial score (nSPS) is 16.2. The van der Waals surface area contributed by atoms with Gasteiger partial charge in [0, 0.05) is 31.5 Å². The van der Waals surface area contributed by atoms with Crippen LogP contribution < -0.4 is 4.74 Å². The lowest BCUT2D eigenvalue weighted by Crippen LogP contribution is -2.37. The Hall–Kier alpha value is -1.68. The number of likely N-dealkylation sites (tertiary alicyclic amines) is 1. The van der Waals surface area contributed by atoms with E-state index in [0.717, 1.165) is 22.4 Å². The molecule has 0 aliphatic carbocycles. The van der Waals surface area contributed by atoms with Crippen LogP contribution in [0.25, 0.3) is 0 Å². The zero-order chi connectivity index (χ0) is 14.7. The maximum atomic E-state index is 12.4. The first-order valence-corrected chi connectivity index (χ1v) is 6.93. The van der Waals surface area contributed by atoms with Crippen molar-refractivity contribution in [1.29, 1.82) is 0 Å². The number of nitrogens with zero attached hydrogens (tertiary/aromatic N) is 1. The van der Waals surface area contributed by atoms with Crippen LogP contribution in [0.3, 0.4) is 0 Å². The lowest BCUT2D eigenvalue weighted by molar-refractivity contribution is -0.121. The lowest BCUT2D eigenvalue weighted by Gasteiger charge is -2.25. The van der Waals surface area contributed by atoms with Gasteiger partial charge < -0.3 is 4.74 Å². The molecule has 0 aromatic heterocycles. The Bertz CT molecular complexity index is 527. The summed E-state index contributed by atoms with van der Waals surface area (Å²) in [7, 11) is 1.63. The number of methoxy groups -OCH3 is 1. The van der Waals surface area contributed by atoms with Crippen molar-refractivity contribution in [3.05, 3.63) is 28.8 Å². The zero-order valence-electron chi connectivity index (χ0n) is 12.4. The molecule has 1 heterocycles. The average Bonchev–Trinajstić information content (AvgIpc) is 2.43. The highest BCUT2D eigenvalue weighted by Gasteiger charge is 2.20. The highest BCUT2D eigenvalue weighted by atomic mass is 16.5. The zero-order valence-corrected chi connectivity index (χ0v) is 12.4. The van der Waals surface area contributed by atoms with Crippen molar-refractivity contribution < 1.29 is 14.3 Å². The number of ketones is 2. The Labute approximate surface area is 119 Å². The van der Waals surface area contributed by atoms with Crippen LogP contribution in [-0.4, -0.2) is 43.2 Å². The number of hydrogen-bond acceptors (Lipinski definition) is 4. The van der Waals surface area contributed by atoms with Crippen molar-refractivity contribution in [1.82, 2.24) is 4.90 Å². The van der Waals surface area contributed by atoms with E-state index in [1.807, 2.05) is 26.0 Å². The molecule has 4 heteroatoms. The third kappa shape index (κ3) is 3.25. The van der Waals surface area contributed by atoms with Crippen molar-refractivity contribution >= 4 is 11.6 Å². The Morgan fingerprint density at radius 1 is 1.20 bits per heavy atom. The number of hydrogen-bond donors (Lipinski definition) is 0. The van der Waals surface area contributed by atoms with Crippen molar-refractivity contribution in [3.8, 4) is 5.75 Å². The molecule has 1 fully saturated rings. The number of rotatable bonds is 4. The smallest absolute Gasteiger partial charge is 0.177 e. The number of Topliss-reactive ketones (excluding diaryl/α,β-unsaturated/α-hetero) is 2. The largest absolute Gasteiger partial charge is 0.496 e. The fourth-order valence-electron chi connectivity index (χ4n) is 2.56. The van der Waals surface area contributed by atoms with Crippen molar-refractivity contribution in [3.63, 3.8) is 0 Å². The quantitative estimate of drug-likeness (QED) is 0.790. The predicted octanol–water partition coefficient (Wildman–Crippen LogP) is 2.16. The summed E-state index contributed by atoms with van der Waals surface area (Å²) in [6.45, 7) is 5.64. The summed E-state index contributed by atoms with van der Waals surface area (Å²) in [5.74, 6) is 1.22. The lowest BCUT2D eigenvalue weighted by atomic mass is 10.00. The molecular formula is C16H21NO3. The summed E-state index contributed by atoms with van der Waals surface area (Å²) in [4.78, 5) is 25.7. The molecule has 0 spiro atoms. The van der Waals surface area contributed by atoms with Gasteiger partial charge in [0.05, 0.1) is 13.7 Å². The number of carbonyl (C=O) groups excluding carboxylic acids is 2. The topological polar surface area (TPSA) is 46.6 Å². The molecule has 1 aliphatic rings. The summed E-state index contributed by atoms with van der Waals surface area (Å²) in [6.07, 6.45) is 1.13. The van der Waals surface area contributed by atoms with Crippen LogP contribution >= 0.6 is 0 Å². The minimum absolute atomic E-state index is 0.114. The van der Waals surface area contributed by atoms with E-state index < -0.39 is 0 Å². The van der Waals surface area contributed by atoms with Crippen LogP contribution in [0.5, 0.6) is 5.75 Å². The monoisotopic (exact) mass is 275 g/mol. The Morgan fingerprint density at radius 2 is 1.85 bits per heavy atom. The first kappa shape index (κ1) is 14.7. The first-order chi connectivity index (χ1) is 9.51. The molecule has 20 heavy (non-hydrogen) atoms. The summed E-state index contributed by atoms with van der Waals surface area (Å²) in [5, 5.41) is 0. The summed E-state index contributed by atoms with van der Waals surface area (Å²) < 4.78 is 5.26. The Morgan fingerprint density at radius 3 is 2.45 bits per heavy atom. The van der Waals surface area contributed by atoms with Gasteiger partial charge in [-0.2, -0.15) is 0 Å². The van der Waals surface area contributed by atoms with E-state index in [1.54, 1.807) is 7.11 Å². The van der Waals surface area contributed by atoms with E-state index in [0.29, 0.717) is 38.3 Å². The number of carbonyl (C=O) groups is 2. The van der Waals surface area contributed by atoms with Crippen LogP contribution in [0, 0.1) is 13.8 Å².